The first kappa shape index (κ1) is 17.9. The van der Waals surface area contributed by atoms with E-state index in [0.29, 0.717) is 24.7 Å². The Hall–Kier alpha value is -3.48. The highest BCUT2D eigenvalue weighted by Gasteiger charge is 2.22. The number of hydrogen-bond donors (Lipinski definition) is 2. The summed E-state index contributed by atoms with van der Waals surface area (Å²) in [6, 6.07) is 14.4. The first-order valence-electron chi connectivity index (χ1n) is 8.98. The molecule has 0 saturated carbocycles. The maximum Gasteiger partial charge on any atom is 0.255 e. The Kier molecular flexibility index (Phi) is 4.65. The Morgan fingerprint density at radius 2 is 2.00 bits per heavy atom. The van der Waals surface area contributed by atoms with Crippen LogP contribution >= 0.6 is 0 Å². The van der Waals surface area contributed by atoms with Crippen molar-refractivity contribution in [3.05, 3.63) is 82.0 Å². The van der Waals surface area contributed by atoms with Crippen LogP contribution in [0, 0.1) is 11.7 Å². The van der Waals surface area contributed by atoms with Gasteiger partial charge < -0.3 is 10.4 Å². The van der Waals surface area contributed by atoms with E-state index >= 15 is 0 Å². The van der Waals surface area contributed by atoms with Crippen molar-refractivity contribution >= 4 is 17.3 Å². The van der Waals surface area contributed by atoms with Gasteiger partial charge in [0.25, 0.3) is 5.56 Å². The number of aromatic hydroxyl groups is 1. The number of hydrogen-bond acceptors (Lipinski definition) is 5. The van der Waals surface area contributed by atoms with Crippen molar-refractivity contribution in [2.45, 2.75) is 20.0 Å². The van der Waals surface area contributed by atoms with Crippen molar-refractivity contribution in [1.82, 2.24) is 9.55 Å². The van der Waals surface area contributed by atoms with E-state index in [1.54, 1.807) is 34.9 Å². The van der Waals surface area contributed by atoms with Crippen LogP contribution in [0.3, 0.4) is 0 Å². The first-order valence-corrected chi connectivity index (χ1v) is 8.98. The molecule has 0 spiro atoms. The summed E-state index contributed by atoms with van der Waals surface area (Å²) in [6.07, 6.45) is 0. The molecule has 2 N–H and O–H groups in total. The molecular weight excluding hydrogens is 359 g/mol. The molecule has 0 amide bonds. The maximum atomic E-state index is 13.2. The molecule has 3 aromatic rings. The van der Waals surface area contributed by atoms with E-state index in [2.05, 4.69) is 15.3 Å². The molecule has 2 heterocycles. The van der Waals surface area contributed by atoms with Crippen molar-refractivity contribution in [3.8, 4) is 5.75 Å². The average Bonchev–Trinajstić information content (AvgIpc) is 2.67. The smallest absolute Gasteiger partial charge is 0.255 e. The van der Waals surface area contributed by atoms with Crippen molar-refractivity contribution in [1.29, 1.82) is 0 Å². The number of benzene rings is 2. The summed E-state index contributed by atoms with van der Waals surface area (Å²) in [6.45, 7) is 2.77. The average molecular weight is 378 g/mol. The lowest BCUT2D eigenvalue weighted by molar-refractivity contribution is 0.475. The molecular formula is C21H19FN4O2. The molecule has 4 rings (SSSR count). The summed E-state index contributed by atoms with van der Waals surface area (Å²) < 4.78 is 14.8. The molecule has 0 aliphatic carbocycles. The minimum absolute atomic E-state index is 0.00808. The summed E-state index contributed by atoms with van der Waals surface area (Å²) in [5.41, 5.74) is 2.72. The van der Waals surface area contributed by atoms with Crippen LogP contribution in [0.15, 0.2) is 64.4 Å². The summed E-state index contributed by atoms with van der Waals surface area (Å²) in [5.74, 6) is 0.209. The molecule has 1 unspecified atom stereocenters. The number of aromatic nitrogens is 2. The number of phenolic OH excluding ortho intramolecular Hbond substituents is 1. The van der Waals surface area contributed by atoms with Crippen LogP contribution in [-0.2, 0) is 13.1 Å². The highest BCUT2D eigenvalue weighted by Crippen LogP contribution is 2.23. The summed E-state index contributed by atoms with van der Waals surface area (Å²) in [4.78, 5) is 21.6. The number of nitrogens with zero attached hydrogens (tertiary/aromatic N) is 3. The van der Waals surface area contributed by atoms with Crippen LogP contribution < -0.4 is 10.9 Å². The fraction of sp³-hybridized carbons (Fsp3) is 0.190. The van der Waals surface area contributed by atoms with E-state index in [9.17, 15) is 14.3 Å². The molecule has 0 radical (unpaired) electrons. The molecule has 2 aromatic carbocycles. The van der Waals surface area contributed by atoms with Gasteiger partial charge in [-0.15, -0.1) is 0 Å². The SMILES string of the molecule is CC1Cn2c(nc(CNc3cccc(O)c3)cc2=O)N=C1c1ccc(F)cc1. The molecule has 1 aliphatic heterocycles. The molecule has 7 heteroatoms. The lowest BCUT2D eigenvalue weighted by atomic mass is 9.97. The van der Waals surface area contributed by atoms with E-state index < -0.39 is 0 Å². The zero-order valence-corrected chi connectivity index (χ0v) is 15.3. The van der Waals surface area contributed by atoms with Crippen molar-refractivity contribution in [2.24, 2.45) is 10.9 Å². The minimum Gasteiger partial charge on any atom is -0.508 e. The van der Waals surface area contributed by atoms with E-state index in [4.69, 9.17) is 0 Å². The number of fused-ring (bicyclic) bond motifs is 1. The van der Waals surface area contributed by atoms with Gasteiger partial charge in [0.15, 0.2) is 0 Å². The number of aliphatic imine (C=N–C) groups is 1. The van der Waals surface area contributed by atoms with Gasteiger partial charge in [0.05, 0.1) is 18.0 Å². The van der Waals surface area contributed by atoms with Gasteiger partial charge >= 0.3 is 0 Å². The van der Waals surface area contributed by atoms with Crippen LogP contribution in [-0.4, -0.2) is 20.4 Å². The molecule has 28 heavy (non-hydrogen) atoms. The van der Waals surface area contributed by atoms with Crippen LogP contribution in [0.5, 0.6) is 5.75 Å². The normalized spacial score (nSPS) is 15.6. The van der Waals surface area contributed by atoms with Gasteiger partial charge in [-0.05, 0) is 29.8 Å². The topological polar surface area (TPSA) is 79.5 Å². The van der Waals surface area contributed by atoms with Crippen molar-refractivity contribution in [3.63, 3.8) is 0 Å². The van der Waals surface area contributed by atoms with Crippen molar-refractivity contribution < 1.29 is 9.50 Å². The van der Waals surface area contributed by atoms with Gasteiger partial charge in [0, 0.05) is 30.3 Å². The Labute approximate surface area is 161 Å². The van der Waals surface area contributed by atoms with Gasteiger partial charge in [-0.25, -0.2) is 14.4 Å². The van der Waals surface area contributed by atoms with Gasteiger partial charge in [0.1, 0.15) is 11.6 Å². The monoisotopic (exact) mass is 378 g/mol. The highest BCUT2D eigenvalue weighted by molar-refractivity contribution is 6.03. The molecule has 0 bridgehead atoms. The number of anilines is 1. The van der Waals surface area contributed by atoms with E-state index in [0.717, 1.165) is 17.0 Å². The van der Waals surface area contributed by atoms with Crippen LogP contribution in [0.2, 0.25) is 0 Å². The minimum atomic E-state index is -0.303. The summed E-state index contributed by atoms with van der Waals surface area (Å²) >= 11 is 0. The zero-order valence-electron chi connectivity index (χ0n) is 15.3. The number of halogens is 1. The van der Waals surface area contributed by atoms with Gasteiger partial charge in [-0.3, -0.25) is 9.36 Å². The molecule has 1 aliphatic rings. The number of rotatable bonds is 4. The maximum absolute atomic E-state index is 13.2. The Morgan fingerprint density at radius 1 is 1.21 bits per heavy atom. The third-order valence-electron chi connectivity index (χ3n) is 4.64. The summed E-state index contributed by atoms with van der Waals surface area (Å²) in [5, 5.41) is 12.7. The molecule has 1 aromatic heterocycles. The van der Waals surface area contributed by atoms with Crippen LogP contribution in [0.1, 0.15) is 18.2 Å². The van der Waals surface area contributed by atoms with Crippen LogP contribution in [0.25, 0.3) is 0 Å². The predicted octanol–water partition coefficient (Wildman–Crippen LogP) is 3.47. The quantitative estimate of drug-likeness (QED) is 0.729. The van der Waals surface area contributed by atoms with Gasteiger partial charge in [0.2, 0.25) is 5.95 Å². The first-order chi connectivity index (χ1) is 13.5. The predicted molar refractivity (Wildman–Crippen MR) is 106 cm³/mol. The van der Waals surface area contributed by atoms with Crippen LogP contribution in [0.4, 0.5) is 16.0 Å². The second kappa shape index (κ2) is 7.26. The molecule has 0 fully saturated rings. The Balaban J connectivity index is 1.64. The molecule has 142 valence electrons. The van der Waals surface area contributed by atoms with E-state index in [1.807, 2.05) is 13.0 Å². The van der Waals surface area contributed by atoms with Gasteiger partial charge in [-0.1, -0.05) is 25.1 Å². The highest BCUT2D eigenvalue weighted by atomic mass is 19.1. The van der Waals surface area contributed by atoms with Crippen molar-refractivity contribution in [2.75, 3.05) is 5.32 Å². The second-order valence-electron chi connectivity index (χ2n) is 6.81. The third kappa shape index (κ3) is 3.64. The standard InChI is InChI=1S/C21H19FN4O2/c1-13-12-26-19(28)10-17(11-23-16-3-2-4-18(27)9-16)24-21(26)25-20(13)14-5-7-15(22)8-6-14/h2-10,13,23,27H,11-12H2,1H3. The van der Waals surface area contributed by atoms with E-state index in [1.165, 1.54) is 18.2 Å². The molecule has 6 nitrogen and oxygen atoms in total. The fourth-order valence-corrected chi connectivity index (χ4v) is 3.24. The second-order valence-corrected chi connectivity index (χ2v) is 6.81. The summed E-state index contributed by atoms with van der Waals surface area (Å²) in [7, 11) is 0. The zero-order chi connectivity index (χ0) is 19.7. The molecule has 0 saturated heterocycles. The van der Waals surface area contributed by atoms with E-state index in [-0.39, 0.29) is 23.0 Å². The largest absolute Gasteiger partial charge is 0.508 e. The number of phenols is 1. The lowest BCUT2D eigenvalue weighted by Gasteiger charge is -2.23. The Morgan fingerprint density at radius 3 is 2.75 bits per heavy atom. The third-order valence-corrected chi connectivity index (χ3v) is 4.64. The molecule has 1 atom stereocenters. The van der Waals surface area contributed by atoms with Gasteiger partial charge in [-0.2, -0.15) is 0 Å². The lowest BCUT2D eigenvalue weighted by Crippen LogP contribution is -2.31. The fourth-order valence-electron chi connectivity index (χ4n) is 3.24. The Bertz CT molecular complexity index is 1110. The number of nitrogens with one attached hydrogen (secondary N) is 1.